The first-order chi connectivity index (χ1) is 7.46. The number of carbonyl (C=O) groups is 1. The van der Waals surface area contributed by atoms with Gasteiger partial charge >= 0.3 is 5.97 Å². The molecule has 1 saturated carbocycles. The minimum absolute atomic E-state index is 0.0688. The van der Waals surface area contributed by atoms with Crippen LogP contribution in [-0.4, -0.2) is 16.7 Å². The number of aliphatic carboxylic acids is 1. The third kappa shape index (κ3) is 1.70. The second-order valence-electron chi connectivity index (χ2n) is 4.84. The average molecular weight is 222 g/mol. The largest absolute Gasteiger partial charge is 0.481 e. The maximum Gasteiger partial charge on any atom is 0.314 e. The van der Waals surface area contributed by atoms with Gasteiger partial charge < -0.3 is 5.11 Å². The van der Waals surface area contributed by atoms with Crippen molar-refractivity contribution in [2.45, 2.75) is 37.3 Å². The van der Waals surface area contributed by atoms with Crippen LogP contribution in [0.15, 0.2) is 30.3 Å². The van der Waals surface area contributed by atoms with Crippen LogP contribution in [0.2, 0.25) is 0 Å². The summed E-state index contributed by atoms with van der Waals surface area (Å²) >= 11 is 0. The fraction of sp³-hybridized carbons (Fsp3) is 0.462. The lowest BCUT2D eigenvalue weighted by Gasteiger charge is -2.25. The number of carboxylic acids is 1. The van der Waals surface area contributed by atoms with Crippen molar-refractivity contribution in [2.24, 2.45) is 0 Å². The van der Waals surface area contributed by atoms with E-state index in [1.54, 1.807) is 24.3 Å². The summed E-state index contributed by atoms with van der Waals surface area (Å²) in [7, 11) is 0. The number of rotatable bonds is 2. The fourth-order valence-corrected chi connectivity index (χ4v) is 2.59. The van der Waals surface area contributed by atoms with Crippen molar-refractivity contribution in [1.29, 1.82) is 0 Å². The molecule has 3 heteroatoms. The van der Waals surface area contributed by atoms with Crippen molar-refractivity contribution in [3.63, 3.8) is 0 Å². The first kappa shape index (κ1) is 11.1. The molecule has 1 aromatic rings. The van der Waals surface area contributed by atoms with Crippen LogP contribution in [0.5, 0.6) is 0 Å². The van der Waals surface area contributed by atoms with Gasteiger partial charge in [0.25, 0.3) is 0 Å². The molecule has 86 valence electrons. The standard InChI is InChI=1S/C13H15FO2/c1-12(14)7-8-13(9-12,11(15)16)10-5-3-2-4-6-10/h2-6H,7-9H2,1H3,(H,15,16). The molecular weight excluding hydrogens is 207 g/mol. The quantitative estimate of drug-likeness (QED) is 0.835. The highest BCUT2D eigenvalue weighted by Gasteiger charge is 2.52. The van der Waals surface area contributed by atoms with E-state index >= 15 is 0 Å². The molecule has 2 nitrogen and oxygen atoms in total. The Hall–Kier alpha value is -1.38. The van der Waals surface area contributed by atoms with Gasteiger partial charge in [-0.3, -0.25) is 4.79 Å². The molecule has 2 unspecified atom stereocenters. The summed E-state index contributed by atoms with van der Waals surface area (Å²) in [4.78, 5) is 11.4. The van der Waals surface area contributed by atoms with E-state index in [-0.39, 0.29) is 6.42 Å². The molecule has 0 radical (unpaired) electrons. The molecule has 0 spiro atoms. The van der Waals surface area contributed by atoms with Crippen LogP contribution in [0.1, 0.15) is 31.7 Å². The van der Waals surface area contributed by atoms with Gasteiger partial charge in [-0.05, 0) is 25.3 Å². The van der Waals surface area contributed by atoms with Crippen molar-refractivity contribution in [1.82, 2.24) is 0 Å². The lowest BCUT2D eigenvalue weighted by atomic mass is 9.78. The third-order valence-corrected chi connectivity index (χ3v) is 3.48. The molecule has 2 atom stereocenters. The predicted octanol–water partition coefficient (Wildman–Crippen LogP) is 2.92. The zero-order chi connectivity index (χ0) is 11.8. The molecule has 1 aliphatic rings. The van der Waals surface area contributed by atoms with E-state index in [4.69, 9.17) is 0 Å². The highest BCUT2D eigenvalue weighted by atomic mass is 19.1. The third-order valence-electron chi connectivity index (χ3n) is 3.48. The van der Waals surface area contributed by atoms with Gasteiger partial charge in [0.1, 0.15) is 5.67 Å². The summed E-state index contributed by atoms with van der Waals surface area (Å²) in [5.74, 6) is -0.917. The number of hydrogen-bond acceptors (Lipinski definition) is 1. The van der Waals surface area contributed by atoms with E-state index in [0.29, 0.717) is 18.4 Å². The SMILES string of the molecule is CC1(F)CCC(C(=O)O)(c2ccccc2)C1. The van der Waals surface area contributed by atoms with Crippen LogP contribution in [0.3, 0.4) is 0 Å². The molecule has 0 aromatic heterocycles. The zero-order valence-electron chi connectivity index (χ0n) is 9.24. The Balaban J connectivity index is 2.43. The van der Waals surface area contributed by atoms with Gasteiger partial charge in [-0.15, -0.1) is 0 Å². The maximum absolute atomic E-state index is 13.9. The summed E-state index contributed by atoms with van der Waals surface area (Å²) in [6.07, 6.45) is 0.757. The molecule has 1 N–H and O–H groups in total. The van der Waals surface area contributed by atoms with Gasteiger partial charge in [-0.25, -0.2) is 4.39 Å². The number of hydrogen-bond donors (Lipinski definition) is 1. The lowest BCUT2D eigenvalue weighted by molar-refractivity contribution is -0.144. The van der Waals surface area contributed by atoms with Gasteiger partial charge in [0.15, 0.2) is 0 Å². The Morgan fingerprint density at radius 3 is 2.38 bits per heavy atom. The molecule has 0 aliphatic heterocycles. The fourth-order valence-electron chi connectivity index (χ4n) is 2.59. The Labute approximate surface area is 94.1 Å². The van der Waals surface area contributed by atoms with Gasteiger partial charge in [-0.2, -0.15) is 0 Å². The van der Waals surface area contributed by atoms with E-state index < -0.39 is 17.1 Å². The van der Waals surface area contributed by atoms with E-state index in [2.05, 4.69) is 0 Å². The molecule has 0 amide bonds. The van der Waals surface area contributed by atoms with Crippen LogP contribution >= 0.6 is 0 Å². The molecule has 0 saturated heterocycles. The predicted molar refractivity (Wildman–Crippen MR) is 59.1 cm³/mol. The molecule has 0 bridgehead atoms. The summed E-state index contributed by atoms with van der Waals surface area (Å²) in [5, 5.41) is 9.38. The maximum atomic E-state index is 13.9. The molecular formula is C13H15FO2. The van der Waals surface area contributed by atoms with Crippen LogP contribution < -0.4 is 0 Å². The van der Waals surface area contributed by atoms with E-state index in [1.807, 2.05) is 6.07 Å². The number of alkyl halides is 1. The van der Waals surface area contributed by atoms with Gasteiger partial charge in [0, 0.05) is 6.42 Å². The van der Waals surface area contributed by atoms with Crippen molar-refractivity contribution >= 4 is 5.97 Å². The van der Waals surface area contributed by atoms with Gasteiger partial charge in [0.05, 0.1) is 5.41 Å². The molecule has 1 fully saturated rings. The first-order valence-corrected chi connectivity index (χ1v) is 5.44. The average Bonchev–Trinajstić information content (AvgIpc) is 2.57. The minimum Gasteiger partial charge on any atom is -0.481 e. The second-order valence-corrected chi connectivity index (χ2v) is 4.84. The molecule has 1 aromatic carbocycles. The topological polar surface area (TPSA) is 37.3 Å². The van der Waals surface area contributed by atoms with Gasteiger partial charge in [-0.1, -0.05) is 30.3 Å². The van der Waals surface area contributed by atoms with Crippen molar-refractivity contribution < 1.29 is 14.3 Å². The Morgan fingerprint density at radius 1 is 1.31 bits per heavy atom. The minimum atomic E-state index is -1.37. The number of carboxylic acid groups (broad SMARTS) is 1. The van der Waals surface area contributed by atoms with Crippen molar-refractivity contribution in [3.8, 4) is 0 Å². The highest BCUT2D eigenvalue weighted by Crippen LogP contribution is 2.48. The Kier molecular flexibility index (Phi) is 2.49. The van der Waals surface area contributed by atoms with E-state index in [0.717, 1.165) is 0 Å². The number of halogens is 1. The van der Waals surface area contributed by atoms with E-state index in [1.165, 1.54) is 6.92 Å². The zero-order valence-corrected chi connectivity index (χ0v) is 9.24. The van der Waals surface area contributed by atoms with Crippen molar-refractivity contribution in [2.75, 3.05) is 0 Å². The normalized spacial score (nSPS) is 33.9. The molecule has 1 aliphatic carbocycles. The smallest absolute Gasteiger partial charge is 0.314 e. The monoisotopic (exact) mass is 222 g/mol. The van der Waals surface area contributed by atoms with Crippen LogP contribution in [0, 0.1) is 0 Å². The number of benzene rings is 1. The lowest BCUT2D eigenvalue weighted by Crippen LogP contribution is -2.34. The molecule has 2 rings (SSSR count). The first-order valence-electron chi connectivity index (χ1n) is 5.44. The summed E-state index contributed by atoms with van der Waals surface area (Å²) in [6, 6.07) is 8.98. The summed E-state index contributed by atoms with van der Waals surface area (Å²) < 4.78 is 13.9. The molecule has 16 heavy (non-hydrogen) atoms. The van der Waals surface area contributed by atoms with Crippen LogP contribution in [0.4, 0.5) is 4.39 Å². The van der Waals surface area contributed by atoms with Crippen LogP contribution in [-0.2, 0) is 10.2 Å². The Morgan fingerprint density at radius 2 is 1.94 bits per heavy atom. The highest BCUT2D eigenvalue weighted by molar-refractivity contribution is 5.82. The Bertz CT molecular complexity index is 400. The van der Waals surface area contributed by atoms with Crippen molar-refractivity contribution in [3.05, 3.63) is 35.9 Å². The van der Waals surface area contributed by atoms with Gasteiger partial charge in [0.2, 0.25) is 0 Å². The molecule has 0 heterocycles. The second kappa shape index (κ2) is 3.58. The summed E-state index contributed by atoms with van der Waals surface area (Å²) in [6.45, 7) is 1.49. The van der Waals surface area contributed by atoms with Crippen LogP contribution in [0.25, 0.3) is 0 Å². The van der Waals surface area contributed by atoms with E-state index in [9.17, 15) is 14.3 Å². The summed E-state index contributed by atoms with van der Waals surface area (Å²) in [5.41, 5.74) is -1.69.